The van der Waals surface area contributed by atoms with E-state index in [1.807, 2.05) is 6.92 Å². The Kier molecular flexibility index (Phi) is 3.13. The fourth-order valence-corrected chi connectivity index (χ4v) is 1.84. The zero-order valence-electron chi connectivity index (χ0n) is 8.47. The van der Waals surface area contributed by atoms with E-state index >= 15 is 0 Å². The Morgan fingerprint density at radius 3 is 2.69 bits per heavy atom. The first-order valence-electron chi connectivity index (χ1n) is 4.66. The third-order valence-corrected chi connectivity index (χ3v) is 2.98. The van der Waals surface area contributed by atoms with Crippen LogP contribution < -0.4 is 0 Å². The smallest absolute Gasteiger partial charge is 0.220 e. The summed E-state index contributed by atoms with van der Waals surface area (Å²) in [7, 11) is 0. The number of aromatic nitrogens is 1. The second-order valence-corrected chi connectivity index (χ2v) is 4.25. The molecule has 0 aliphatic rings. The van der Waals surface area contributed by atoms with Gasteiger partial charge in [-0.05, 0) is 30.2 Å². The molecule has 4 heteroatoms. The lowest BCUT2D eigenvalue weighted by Crippen LogP contribution is -1.91. The van der Waals surface area contributed by atoms with E-state index in [2.05, 4.69) is 4.98 Å². The molecule has 16 heavy (non-hydrogen) atoms. The molecule has 1 nitrogen and oxygen atoms in total. The fourth-order valence-electron chi connectivity index (χ4n) is 1.51. The Hall–Kier alpha value is -1.12. The lowest BCUT2D eigenvalue weighted by Gasteiger charge is -2.08. The Morgan fingerprint density at radius 2 is 1.94 bits per heavy atom. The van der Waals surface area contributed by atoms with Crippen LogP contribution in [0.25, 0.3) is 11.1 Å². The lowest BCUT2D eigenvalue weighted by atomic mass is 10.0. The van der Waals surface area contributed by atoms with Crippen molar-refractivity contribution < 1.29 is 4.39 Å². The number of benzene rings is 1. The lowest BCUT2D eigenvalue weighted by molar-refractivity contribution is 0.587. The van der Waals surface area contributed by atoms with Crippen molar-refractivity contribution in [3.8, 4) is 11.1 Å². The number of hydrogen-bond donors (Lipinski definition) is 0. The number of pyridine rings is 1. The van der Waals surface area contributed by atoms with E-state index in [0.29, 0.717) is 21.2 Å². The molecule has 0 spiro atoms. The molecule has 0 aliphatic carbocycles. The molecule has 0 N–H and O–H groups in total. The maximum atomic E-state index is 13.6. The second kappa shape index (κ2) is 4.40. The summed E-state index contributed by atoms with van der Waals surface area (Å²) in [4.78, 5) is 3.58. The third kappa shape index (κ3) is 2.04. The second-order valence-electron chi connectivity index (χ2n) is 3.40. The summed E-state index contributed by atoms with van der Waals surface area (Å²) in [6.07, 6.45) is 1.28. The molecule has 0 radical (unpaired) electrons. The molecular formula is C12H8Cl2FN. The Morgan fingerprint density at radius 1 is 1.19 bits per heavy atom. The van der Waals surface area contributed by atoms with Crippen molar-refractivity contribution in [1.82, 2.24) is 4.98 Å². The van der Waals surface area contributed by atoms with Crippen molar-refractivity contribution >= 4 is 23.2 Å². The minimum absolute atomic E-state index is 0.368. The third-order valence-electron chi connectivity index (χ3n) is 2.36. The molecule has 2 aromatic rings. The van der Waals surface area contributed by atoms with Gasteiger partial charge in [0.15, 0.2) is 0 Å². The molecule has 0 amide bonds. The van der Waals surface area contributed by atoms with E-state index in [4.69, 9.17) is 23.2 Å². The van der Waals surface area contributed by atoms with Crippen LogP contribution in [0.5, 0.6) is 0 Å². The molecule has 0 bridgehead atoms. The van der Waals surface area contributed by atoms with Gasteiger partial charge < -0.3 is 0 Å². The van der Waals surface area contributed by atoms with Gasteiger partial charge in [-0.1, -0.05) is 35.3 Å². The summed E-state index contributed by atoms with van der Waals surface area (Å²) in [6.45, 7) is 1.83. The van der Waals surface area contributed by atoms with E-state index < -0.39 is 5.95 Å². The van der Waals surface area contributed by atoms with Gasteiger partial charge in [0.1, 0.15) is 0 Å². The number of halogens is 3. The van der Waals surface area contributed by atoms with Crippen molar-refractivity contribution in [3.05, 3.63) is 52.0 Å². The Balaban J connectivity index is 2.67. The fraction of sp³-hybridized carbons (Fsp3) is 0.0833. The van der Waals surface area contributed by atoms with Gasteiger partial charge in [0.25, 0.3) is 0 Å². The standard InChI is InChI=1S/C12H8Cl2FN/c1-7-9(3-2-4-11(7)14)10-5-8(13)6-16-12(10)15/h2-6H,1H3. The molecule has 1 heterocycles. The van der Waals surface area contributed by atoms with E-state index in [1.165, 1.54) is 6.20 Å². The van der Waals surface area contributed by atoms with Crippen LogP contribution in [0.1, 0.15) is 5.56 Å². The average molecular weight is 256 g/mol. The molecule has 1 aromatic carbocycles. The van der Waals surface area contributed by atoms with E-state index in [-0.39, 0.29) is 0 Å². The molecule has 82 valence electrons. The van der Waals surface area contributed by atoms with Crippen molar-refractivity contribution in [2.75, 3.05) is 0 Å². The van der Waals surface area contributed by atoms with Gasteiger partial charge in [-0.25, -0.2) is 4.98 Å². The van der Waals surface area contributed by atoms with Crippen LogP contribution in [-0.2, 0) is 0 Å². The van der Waals surface area contributed by atoms with E-state index in [0.717, 1.165) is 5.56 Å². The number of nitrogens with zero attached hydrogens (tertiary/aromatic N) is 1. The van der Waals surface area contributed by atoms with Gasteiger partial charge in [-0.2, -0.15) is 4.39 Å². The van der Waals surface area contributed by atoms with E-state index in [9.17, 15) is 4.39 Å². The van der Waals surface area contributed by atoms with Crippen LogP contribution in [0.2, 0.25) is 10.0 Å². The largest absolute Gasteiger partial charge is 0.226 e. The van der Waals surface area contributed by atoms with Crippen molar-refractivity contribution in [1.29, 1.82) is 0 Å². The molecule has 0 atom stereocenters. The van der Waals surface area contributed by atoms with Crippen molar-refractivity contribution in [2.24, 2.45) is 0 Å². The van der Waals surface area contributed by atoms with Crippen LogP contribution in [0.4, 0.5) is 4.39 Å². The Bertz CT molecular complexity index is 541. The maximum Gasteiger partial charge on any atom is 0.220 e. The predicted molar refractivity (Wildman–Crippen MR) is 64.4 cm³/mol. The molecule has 0 aliphatic heterocycles. The first kappa shape index (κ1) is 11.4. The minimum atomic E-state index is -0.547. The molecule has 0 saturated carbocycles. The van der Waals surface area contributed by atoms with Gasteiger partial charge in [0, 0.05) is 16.8 Å². The molecule has 1 aromatic heterocycles. The SMILES string of the molecule is Cc1c(Cl)cccc1-c1cc(Cl)cnc1F. The monoisotopic (exact) mass is 255 g/mol. The van der Waals surface area contributed by atoms with Gasteiger partial charge in [-0.15, -0.1) is 0 Å². The molecule has 2 rings (SSSR count). The normalized spacial score (nSPS) is 10.5. The predicted octanol–water partition coefficient (Wildman–Crippen LogP) is 4.50. The first-order chi connectivity index (χ1) is 7.59. The summed E-state index contributed by atoms with van der Waals surface area (Å²) in [5.41, 5.74) is 1.89. The summed E-state index contributed by atoms with van der Waals surface area (Å²) >= 11 is 11.8. The quantitative estimate of drug-likeness (QED) is 0.684. The zero-order chi connectivity index (χ0) is 11.7. The Labute approximate surface area is 103 Å². The summed E-state index contributed by atoms with van der Waals surface area (Å²) in [5.74, 6) is -0.547. The van der Waals surface area contributed by atoms with E-state index in [1.54, 1.807) is 24.3 Å². The molecule has 0 saturated heterocycles. The minimum Gasteiger partial charge on any atom is -0.226 e. The van der Waals surface area contributed by atoms with Crippen molar-refractivity contribution in [3.63, 3.8) is 0 Å². The number of hydrogen-bond acceptors (Lipinski definition) is 1. The maximum absolute atomic E-state index is 13.6. The van der Waals surface area contributed by atoms with Crippen LogP contribution in [-0.4, -0.2) is 4.98 Å². The van der Waals surface area contributed by atoms with Crippen LogP contribution in [0.3, 0.4) is 0 Å². The highest BCUT2D eigenvalue weighted by Gasteiger charge is 2.11. The van der Waals surface area contributed by atoms with Gasteiger partial charge in [0.2, 0.25) is 5.95 Å². The molecule has 0 unspecified atom stereocenters. The van der Waals surface area contributed by atoms with Crippen molar-refractivity contribution in [2.45, 2.75) is 6.92 Å². The molecule has 0 fully saturated rings. The average Bonchev–Trinajstić information content (AvgIpc) is 2.26. The van der Waals surface area contributed by atoms with Crippen LogP contribution >= 0.6 is 23.2 Å². The summed E-state index contributed by atoms with van der Waals surface area (Å²) in [6, 6.07) is 6.86. The summed E-state index contributed by atoms with van der Waals surface area (Å²) in [5, 5.41) is 0.993. The van der Waals surface area contributed by atoms with Crippen LogP contribution in [0.15, 0.2) is 30.5 Å². The zero-order valence-corrected chi connectivity index (χ0v) is 9.98. The highest BCUT2D eigenvalue weighted by atomic mass is 35.5. The molecular weight excluding hydrogens is 248 g/mol. The highest BCUT2D eigenvalue weighted by molar-refractivity contribution is 6.32. The highest BCUT2D eigenvalue weighted by Crippen LogP contribution is 2.30. The van der Waals surface area contributed by atoms with Crippen LogP contribution in [0, 0.1) is 12.9 Å². The first-order valence-corrected chi connectivity index (χ1v) is 5.41. The summed E-state index contributed by atoms with van der Waals surface area (Å²) < 4.78 is 13.6. The van der Waals surface area contributed by atoms with Gasteiger partial charge in [0.05, 0.1) is 5.02 Å². The van der Waals surface area contributed by atoms with Gasteiger partial charge >= 0.3 is 0 Å². The topological polar surface area (TPSA) is 12.9 Å². The number of rotatable bonds is 1. The van der Waals surface area contributed by atoms with Gasteiger partial charge in [-0.3, -0.25) is 0 Å².